The minimum absolute atomic E-state index is 0.0894. The number of fused-ring (bicyclic) bond motifs is 4. The van der Waals surface area contributed by atoms with Crippen LogP contribution in [0.4, 0.5) is 0 Å². The highest BCUT2D eigenvalue weighted by molar-refractivity contribution is 6.10. The zero-order valence-electron chi connectivity index (χ0n) is 15.4. The number of rotatable bonds is 4. The highest BCUT2D eigenvalue weighted by atomic mass is 16.7. The van der Waals surface area contributed by atoms with Crippen molar-refractivity contribution in [3.8, 4) is 28.4 Å². The minimum atomic E-state index is -1.03. The second kappa shape index (κ2) is 6.70. The lowest BCUT2D eigenvalue weighted by Gasteiger charge is -2.23. The summed E-state index contributed by atoms with van der Waals surface area (Å²) in [4.78, 5) is 23.2. The van der Waals surface area contributed by atoms with Crippen molar-refractivity contribution in [2.75, 3.05) is 19.9 Å². The predicted molar refractivity (Wildman–Crippen MR) is 105 cm³/mol. The fourth-order valence-corrected chi connectivity index (χ4v) is 3.93. The van der Waals surface area contributed by atoms with E-state index < -0.39 is 12.6 Å². The van der Waals surface area contributed by atoms with Crippen LogP contribution in [0.3, 0.4) is 0 Å². The van der Waals surface area contributed by atoms with E-state index in [-0.39, 0.29) is 12.7 Å². The molecule has 29 heavy (non-hydrogen) atoms. The zero-order valence-corrected chi connectivity index (χ0v) is 15.4. The van der Waals surface area contributed by atoms with Crippen LogP contribution in [0.5, 0.6) is 17.2 Å². The Hall–Kier alpha value is -3.74. The number of hydrogen-bond donors (Lipinski definition) is 2. The van der Waals surface area contributed by atoms with Gasteiger partial charge < -0.3 is 24.6 Å². The third kappa shape index (κ3) is 2.91. The van der Waals surface area contributed by atoms with Crippen molar-refractivity contribution in [2.45, 2.75) is 6.42 Å². The molecule has 7 nitrogen and oxygen atoms in total. The molecule has 0 saturated heterocycles. The molecular formula is C22H17NO6. The molecule has 2 aliphatic rings. The Morgan fingerprint density at radius 2 is 1.97 bits per heavy atom. The van der Waals surface area contributed by atoms with Gasteiger partial charge in [-0.1, -0.05) is 18.2 Å². The monoisotopic (exact) mass is 391 g/mol. The number of benzene rings is 3. The Morgan fingerprint density at radius 3 is 2.76 bits per heavy atom. The normalized spacial score (nSPS) is 14.4. The largest absolute Gasteiger partial charge is 0.482 e. The highest BCUT2D eigenvalue weighted by Crippen LogP contribution is 2.46. The van der Waals surface area contributed by atoms with Crippen molar-refractivity contribution in [3.63, 3.8) is 0 Å². The van der Waals surface area contributed by atoms with Gasteiger partial charge in [0.25, 0.3) is 5.91 Å². The molecule has 0 radical (unpaired) electrons. The number of ether oxygens (including phenoxy) is 3. The second-order valence-corrected chi connectivity index (χ2v) is 6.89. The second-order valence-electron chi connectivity index (χ2n) is 6.89. The van der Waals surface area contributed by atoms with E-state index in [0.29, 0.717) is 35.8 Å². The van der Waals surface area contributed by atoms with Gasteiger partial charge in [0.05, 0.1) is 0 Å². The molecule has 0 atom stereocenters. The maximum atomic E-state index is 12.5. The zero-order chi connectivity index (χ0) is 20.0. The van der Waals surface area contributed by atoms with E-state index in [1.807, 2.05) is 30.3 Å². The van der Waals surface area contributed by atoms with Crippen molar-refractivity contribution < 1.29 is 28.9 Å². The van der Waals surface area contributed by atoms with Gasteiger partial charge >= 0.3 is 5.97 Å². The van der Waals surface area contributed by atoms with E-state index in [0.717, 1.165) is 27.5 Å². The lowest BCUT2D eigenvalue weighted by molar-refractivity contribution is -0.139. The summed E-state index contributed by atoms with van der Waals surface area (Å²) in [6.07, 6.45) is 0.703. The minimum Gasteiger partial charge on any atom is -0.482 e. The van der Waals surface area contributed by atoms with Gasteiger partial charge in [0.2, 0.25) is 6.79 Å². The summed E-state index contributed by atoms with van der Waals surface area (Å²) in [6, 6.07) is 12.9. The van der Waals surface area contributed by atoms with Gasteiger partial charge in [-0.25, -0.2) is 4.79 Å². The van der Waals surface area contributed by atoms with Crippen molar-refractivity contribution >= 4 is 22.6 Å². The summed E-state index contributed by atoms with van der Waals surface area (Å²) in [5.41, 5.74) is 3.45. The van der Waals surface area contributed by atoms with Gasteiger partial charge in [-0.3, -0.25) is 4.79 Å². The number of amides is 1. The van der Waals surface area contributed by atoms with Crippen molar-refractivity contribution in [3.05, 3.63) is 53.6 Å². The SMILES string of the molecule is O=C(O)COc1ccc(-c2c3c(cc4ccc5c(c24)OCO5)C(=O)NCC3)cc1. The average molecular weight is 391 g/mol. The van der Waals surface area contributed by atoms with Gasteiger partial charge in [0, 0.05) is 17.5 Å². The first-order chi connectivity index (χ1) is 14.1. The van der Waals surface area contributed by atoms with Crippen molar-refractivity contribution in [1.29, 1.82) is 0 Å². The first kappa shape index (κ1) is 17.4. The molecule has 0 fully saturated rings. The number of carbonyl (C=O) groups excluding carboxylic acids is 1. The molecule has 0 saturated carbocycles. The fraction of sp³-hybridized carbons (Fsp3) is 0.182. The lowest BCUT2D eigenvalue weighted by atomic mass is 9.86. The van der Waals surface area contributed by atoms with Gasteiger partial charge in [0.15, 0.2) is 18.1 Å². The highest BCUT2D eigenvalue weighted by Gasteiger charge is 2.27. The molecule has 2 N–H and O–H groups in total. The van der Waals surface area contributed by atoms with Crippen LogP contribution in [0.25, 0.3) is 21.9 Å². The Kier molecular flexibility index (Phi) is 4.01. The molecule has 0 spiro atoms. The Bertz CT molecular complexity index is 1150. The van der Waals surface area contributed by atoms with E-state index in [2.05, 4.69) is 5.32 Å². The Balaban J connectivity index is 1.72. The van der Waals surface area contributed by atoms with E-state index >= 15 is 0 Å². The van der Waals surface area contributed by atoms with Gasteiger partial charge in [-0.2, -0.15) is 0 Å². The predicted octanol–water partition coefficient (Wildman–Crippen LogP) is 2.98. The third-order valence-electron chi connectivity index (χ3n) is 5.16. The number of hydrogen-bond acceptors (Lipinski definition) is 5. The quantitative estimate of drug-likeness (QED) is 0.710. The van der Waals surface area contributed by atoms with Crippen LogP contribution >= 0.6 is 0 Å². The molecular weight excluding hydrogens is 374 g/mol. The Labute approximate surface area is 165 Å². The number of aliphatic carboxylic acids is 1. The third-order valence-corrected chi connectivity index (χ3v) is 5.16. The lowest BCUT2D eigenvalue weighted by Crippen LogP contribution is -2.32. The molecule has 0 aromatic heterocycles. The maximum Gasteiger partial charge on any atom is 0.341 e. The summed E-state index contributed by atoms with van der Waals surface area (Å²) in [5, 5.41) is 13.5. The summed E-state index contributed by atoms with van der Waals surface area (Å²) >= 11 is 0. The Morgan fingerprint density at radius 1 is 1.14 bits per heavy atom. The first-order valence-corrected chi connectivity index (χ1v) is 9.23. The van der Waals surface area contributed by atoms with Crippen LogP contribution in [0.15, 0.2) is 42.5 Å². The topological polar surface area (TPSA) is 94.1 Å². The number of carboxylic acid groups (broad SMARTS) is 1. The molecule has 7 heteroatoms. The molecule has 0 unspecified atom stereocenters. The number of carboxylic acids is 1. The van der Waals surface area contributed by atoms with Crippen LogP contribution in [0.2, 0.25) is 0 Å². The average Bonchev–Trinajstić information content (AvgIpc) is 3.21. The summed E-state index contributed by atoms with van der Waals surface area (Å²) < 4.78 is 16.6. The molecule has 0 bridgehead atoms. The molecule has 2 aliphatic heterocycles. The van der Waals surface area contributed by atoms with Gasteiger partial charge in [-0.05, 0) is 52.8 Å². The maximum absolute atomic E-state index is 12.5. The van der Waals surface area contributed by atoms with Gasteiger partial charge in [-0.15, -0.1) is 0 Å². The van der Waals surface area contributed by atoms with Crippen LogP contribution in [0, 0.1) is 0 Å². The van der Waals surface area contributed by atoms with E-state index in [4.69, 9.17) is 19.3 Å². The molecule has 146 valence electrons. The molecule has 1 amide bonds. The molecule has 3 aromatic rings. The number of carbonyl (C=O) groups is 2. The van der Waals surface area contributed by atoms with Crippen LogP contribution in [-0.4, -0.2) is 36.9 Å². The van der Waals surface area contributed by atoms with Crippen LogP contribution in [0.1, 0.15) is 15.9 Å². The molecule has 3 aromatic carbocycles. The molecule has 0 aliphatic carbocycles. The number of nitrogens with one attached hydrogen (secondary N) is 1. The summed E-state index contributed by atoms with van der Waals surface area (Å²) in [6.45, 7) is 0.325. The first-order valence-electron chi connectivity index (χ1n) is 9.23. The van der Waals surface area contributed by atoms with Crippen LogP contribution < -0.4 is 19.5 Å². The summed E-state index contributed by atoms with van der Waals surface area (Å²) in [5.74, 6) is 0.704. The van der Waals surface area contributed by atoms with E-state index in [9.17, 15) is 9.59 Å². The smallest absolute Gasteiger partial charge is 0.341 e. The molecule has 5 rings (SSSR count). The van der Waals surface area contributed by atoms with E-state index in [1.165, 1.54) is 0 Å². The van der Waals surface area contributed by atoms with Crippen molar-refractivity contribution in [1.82, 2.24) is 5.32 Å². The fourth-order valence-electron chi connectivity index (χ4n) is 3.93. The molecule has 2 heterocycles. The van der Waals surface area contributed by atoms with E-state index in [1.54, 1.807) is 12.1 Å². The van der Waals surface area contributed by atoms with Crippen molar-refractivity contribution in [2.24, 2.45) is 0 Å². The van der Waals surface area contributed by atoms with Gasteiger partial charge in [0.1, 0.15) is 5.75 Å². The van der Waals surface area contributed by atoms with Crippen LogP contribution in [-0.2, 0) is 11.2 Å². The standard InChI is InChI=1S/C22H17NO6/c24-18(25)10-27-14-4-1-12(2-5-14)19-15-7-8-23-22(26)16(15)9-13-3-6-17-21(20(13)19)29-11-28-17/h1-6,9H,7-8,10-11H2,(H,23,26)(H,24,25). The summed E-state index contributed by atoms with van der Waals surface area (Å²) in [7, 11) is 0.